The standard InChI is InChI=1S/C27H27NO4/c1-18-6-3-7-19(2)25(18)22-9-4-8-20(16-22)17-32-23-13-11-21(12-14-23)26(29)28-15-5-10-24(28)27(30)31/h3-4,6-9,11-14,16,24H,5,10,15,17H2,1-2H3,(H,30,31)/t24-/m0/s1. The van der Waals surface area contributed by atoms with E-state index < -0.39 is 12.0 Å². The lowest BCUT2D eigenvalue weighted by Gasteiger charge is -2.21. The fourth-order valence-corrected chi connectivity index (χ4v) is 4.38. The zero-order valence-electron chi connectivity index (χ0n) is 18.4. The first-order valence-electron chi connectivity index (χ1n) is 10.9. The van der Waals surface area contributed by atoms with Crippen LogP contribution in [0.3, 0.4) is 0 Å². The molecular weight excluding hydrogens is 402 g/mol. The van der Waals surface area contributed by atoms with E-state index in [2.05, 4.69) is 44.2 Å². The van der Waals surface area contributed by atoms with Gasteiger partial charge < -0.3 is 14.7 Å². The van der Waals surface area contributed by atoms with E-state index in [1.807, 2.05) is 12.1 Å². The third kappa shape index (κ3) is 4.52. The summed E-state index contributed by atoms with van der Waals surface area (Å²) in [6.07, 6.45) is 1.22. The Bertz CT molecular complexity index is 1120. The van der Waals surface area contributed by atoms with Crippen LogP contribution >= 0.6 is 0 Å². The zero-order valence-corrected chi connectivity index (χ0v) is 18.4. The van der Waals surface area contributed by atoms with Crippen molar-refractivity contribution >= 4 is 11.9 Å². The van der Waals surface area contributed by atoms with Crippen molar-refractivity contribution < 1.29 is 19.4 Å². The van der Waals surface area contributed by atoms with E-state index in [9.17, 15) is 14.7 Å². The summed E-state index contributed by atoms with van der Waals surface area (Å²) in [7, 11) is 0. The largest absolute Gasteiger partial charge is 0.489 e. The molecule has 0 aromatic heterocycles. The molecular formula is C27H27NO4. The molecule has 0 saturated carbocycles. The van der Waals surface area contributed by atoms with Gasteiger partial charge in [0.15, 0.2) is 0 Å². The summed E-state index contributed by atoms with van der Waals surface area (Å²) in [5, 5.41) is 9.31. The Morgan fingerprint density at radius 2 is 1.69 bits per heavy atom. The van der Waals surface area contributed by atoms with E-state index in [1.165, 1.54) is 27.2 Å². The summed E-state index contributed by atoms with van der Waals surface area (Å²) in [5.74, 6) is -0.531. The van der Waals surface area contributed by atoms with Crippen molar-refractivity contribution in [3.05, 3.63) is 89.0 Å². The normalized spacial score (nSPS) is 15.6. The molecule has 0 unspecified atom stereocenters. The third-order valence-corrected chi connectivity index (χ3v) is 6.00. The third-order valence-electron chi connectivity index (χ3n) is 6.00. The first-order valence-corrected chi connectivity index (χ1v) is 10.9. The molecule has 3 aromatic carbocycles. The van der Waals surface area contributed by atoms with Gasteiger partial charge >= 0.3 is 5.97 Å². The Kier molecular flexibility index (Phi) is 6.26. The molecule has 1 aliphatic rings. The van der Waals surface area contributed by atoms with Crippen LogP contribution in [0.5, 0.6) is 5.75 Å². The second-order valence-corrected chi connectivity index (χ2v) is 8.28. The van der Waals surface area contributed by atoms with Crippen LogP contribution in [-0.2, 0) is 11.4 Å². The molecule has 1 heterocycles. The number of hydrogen-bond acceptors (Lipinski definition) is 3. The molecule has 32 heavy (non-hydrogen) atoms. The van der Waals surface area contributed by atoms with Crippen LogP contribution in [0.4, 0.5) is 0 Å². The molecule has 4 rings (SSSR count). The van der Waals surface area contributed by atoms with Crippen molar-refractivity contribution in [1.29, 1.82) is 0 Å². The monoisotopic (exact) mass is 429 g/mol. The highest BCUT2D eigenvalue weighted by atomic mass is 16.5. The van der Waals surface area contributed by atoms with Gasteiger partial charge in [-0.3, -0.25) is 4.79 Å². The van der Waals surface area contributed by atoms with Gasteiger partial charge in [-0.15, -0.1) is 0 Å². The molecule has 164 valence electrons. The first kappa shape index (κ1) is 21.6. The van der Waals surface area contributed by atoms with Crippen molar-refractivity contribution in [3.8, 4) is 16.9 Å². The predicted octanol–water partition coefficient (Wildman–Crippen LogP) is 5.24. The quantitative estimate of drug-likeness (QED) is 0.582. The number of benzene rings is 3. The zero-order chi connectivity index (χ0) is 22.7. The molecule has 1 aliphatic heterocycles. The molecule has 0 radical (unpaired) electrons. The van der Waals surface area contributed by atoms with Crippen LogP contribution in [0.25, 0.3) is 11.1 Å². The summed E-state index contributed by atoms with van der Waals surface area (Å²) in [4.78, 5) is 25.5. The summed E-state index contributed by atoms with van der Waals surface area (Å²) in [5.41, 5.74) is 6.44. The van der Waals surface area contributed by atoms with E-state index in [0.29, 0.717) is 37.3 Å². The lowest BCUT2D eigenvalue weighted by molar-refractivity contribution is -0.141. The maximum absolute atomic E-state index is 12.7. The molecule has 5 heteroatoms. The van der Waals surface area contributed by atoms with Crippen molar-refractivity contribution in [1.82, 2.24) is 4.90 Å². The highest BCUT2D eigenvalue weighted by Crippen LogP contribution is 2.28. The van der Waals surface area contributed by atoms with Gasteiger partial charge in [-0.25, -0.2) is 4.79 Å². The smallest absolute Gasteiger partial charge is 0.326 e. The minimum absolute atomic E-state index is 0.247. The molecule has 1 saturated heterocycles. The Morgan fingerprint density at radius 3 is 2.38 bits per heavy atom. The van der Waals surface area contributed by atoms with Crippen LogP contribution in [-0.4, -0.2) is 34.5 Å². The van der Waals surface area contributed by atoms with E-state index in [1.54, 1.807) is 24.3 Å². The summed E-state index contributed by atoms with van der Waals surface area (Å²) < 4.78 is 5.94. The van der Waals surface area contributed by atoms with Crippen LogP contribution in [0, 0.1) is 13.8 Å². The van der Waals surface area contributed by atoms with Gasteiger partial charge in [0.2, 0.25) is 0 Å². The molecule has 0 bridgehead atoms. The minimum Gasteiger partial charge on any atom is -0.489 e. The summed E-state index contributed by atoms with van der Waals surface area (Å²) in [6.45, 7) is 5.13. The van der Waals surface area contributed by atoms with Gasteiger partial charge in [-0.05, 0) is 84.8 Å². The van der Waals surface area contributed by atoms with E-state index in [4.69, 9.17) is 4.74 Å². The topological polar surface area (TPSA) is 66.8 Å². The lowest BCUT2D eigenvalue weighted by Crippen LogP contribution is -2.40. The van der Waals surface area contributed by atoms with Crippen molar-refractivity contribution in [2.45, 2.75) is 39.3 Å². The molecule has 1 fully saturated rings. The molecule has 1 atom stereocenters. The fourth-order valence-electron chi connectivity index (χ4n) is 4.38. The van der Waals surface area contributed by atoms with Gasteiger partial charge in [0.25, 0.3) is 5.91 Å². The molecule has 3 aromatic rings. The van der Waals surface area contributed by atoms with Gasteiger partial charge in [0.1, 0.15) is 18.4 Å². The number of carboxylic acid groups (broad SMARTS) is 1. The second-order valence-electron chi connectivity index (χ2n) is 8.28. The van der Waals surface area contributed by atoms with E-state index >= 15 is 0 Å². The number of hydrogen-bond donors (Lipinski definition) is 1. The van der Waals surface area contributed by atoms with Crippen molar-refractivity contribution in [2.24, 2.45) is 0 Å². The van der Waals surface area contributed by atoms with Gasteiger partial charge in [0.05, 0.1) is 0 Å². The van der Waals surface area contributed by atoms with E-state index in [-0.39, 0.29) is 5.91 Å². The highest BCUT2D eigenvalue weighted by Gasteiger charge is 2.34. The van der Waals surface area contributed by atoms with Crippen molar-refractivity contribution in [3.63, 3.8) is 0 Å². The predicted molar refractivity (Wildman–Crippen MR) is 124 cm³/mol. The van der Waals surface area contributed by atoms with Gasteiger partial charge in [0, 0.05) is 12.1 Å². The molecule has 5 nitrogen and oxygen atoms in total. The first-order chi connectivity index (χ1) is 15.4. The summed E-state index contributed by atoms with van der Waals surface area (Å²) >= 11 is 0. The molecule has 1 N–H and O–H groups in total. The summed E-state index contributed by atoms with van der Waals surface area (Å²) in [6, 6.07) is 20.8. The highest BCUT2D eigenvalue weighted by molar-refractivity contribution is 5.97. The van der Waals surface area contributed by atoms with Crippen LogP contribution in [0.1, 0.15) is 39.9 Å². The average molecular weight is 430 g/mol. The maximum Gasteiger partial charge on any atom is 0.326 e. The number of carboxylic acids is 1. The SMILES string of the molecule is Cc1cccc(C)c1-c1cccc(COc2ccc(C(=O)N3CCC[C@H]3C(=O)O)cc2)c1. The Hall–Kier alpha value is -3.60. The number of ether oxygens (including phenoxy) is 1. The number of rotatable bonds is 6. The van der Waals surface area contributed by atoms with Gasteiger partial charge in [-0.1, -0.05) is 36.4 Å². The molecule has 0 spiro atoms. The van der Waals surface area contributed by atoms with Crippen LogP contribution in [0.15, 0.2) is 66.7 Å². The number of carbonyl (C=O) groups excluding carboxylic acids is 1. The van der Waals surface area contributed by atoms with Gasteiger partial charge in [-0.2, -0.15) is 0 Å². The number of nitrogens with zero attached hydrogens (tertiary/aromatic N) is 1. The minimum atomic E-state index is -0.945. The molecule has 1 amide bonds. The fraction of sp³-hybridized carbons (Fsp3) is 0.259. The second kappa shape index (κ2) is 9.27. The Morgan fingerprint density at radius 1 is 1.00 bits per heavy atom. The Balaban J connectivity index is 1.43. The van der Waals surface area contributed by atoms with Crippen LogP contribution in [0.2, 0.25) is 0 Å². The van der Waals surface area contributed by atoms with E-state index in [0.717, 1.165) is 5.56 Å². The molecule has 0 aliphatic carbocycles. The average Bonchev–Trinajstić information content (AvgIpc) is 3.28. The maximum atomic E-state index is 12.7. The van der Waals surface area contributed by atoms with Crippen molar-refractivity contribution in [2.75, 3.05) is 6.54 Å². The number of aryl methyl sites for hydroxylation is 2. The number of aliphatic carboxylic acids is 1. The number of amides is 1. The van der Waals surface area contributed by atoms with Crippen LogP contribution < -0.4 is 4.74 Å². The Labute approximate surface area is 188 Å². The lowest BCUT2D eigenvalue weighted by atomic mass is 9.95. The number of carbonyl (C=O) groups is 2. The number of likely N-dealkylation sites (tertiary alicyclic amines) is 1.